The van der Waals surface area contributed by atoms with Crippen LogP contribution < -0.4 is 4.74 Å². The number of hydrogen-bond acceptors (Lipinski definition) is 1. The van der Waals surface area contributed by atoms with Crippen molar-refractivity contribution in [3.63, 3.8) is 0 Å². The summed E-state index contributed by atoms with van der Waals surface area (Å²) < 4.78 is 6.72. The van der Waals surface area contributed by atoms with Gasteiger partial charge in [-0.25, -0.2) is 0 Å². The first-order valence-corrected chi connectivity index (χ1v) is 15.9. The lowest BCUT2D eigenvalue weighted by Gasteiger charge is -2.35. The molecule has 0 N–H and O–H groups in total. The summed E-state index contributed by atoms with van der Waals surface area (Å²) in [4.78, 5) is 0. The third kappa shape index (κ3) is 3.03. The molecule has 7 aromatic carbocycles. The van der Waals surface area contributed by atoms with Crippen molar-refractivity contribution in [3.8, 4) is 44.9 Å². The Balaban J connectivity index is 1.26. The van der Waals surface area contributed by atoms with Gasteiger partial charge in [-0.05, 0) is 73.0 Å². The Morgan fingerprint density at radius 3 is 1.89 bits per heavy atom. The van der Waals surface area contributed by atoms with Crippen LogP contribution in [0.1, 0.15) is 47.2 Å². The molecule has 45 heavy (non-hydrogen) atoms. The number of rotatable bonds is 1. The average molecular weight is 575 g/mol. The maximum atomic E-state index is 6.72. The first-order chi connectivity index (χ1) is 22.1. The maximum absolute atomic E-state index is 6.72. The van der Waals surface area contributed by atoms with Crippen molar-refractivity contribution in [1.82, 2.24) is 0 Å². The molecular formula is C44H30O. The molecule has 3 aliphatic rings. The van der Waals surface area contributed by atoms with Gasteiger partial charge in [-0.2, -0.15) is 0 Å². The molecule has 2 aliphatic carbocycles. The van der Waals surface area contributed by atoms with Crippen LogP contribution in [0.15, 0.2) is 146 Å². The highest BCUT2D eigenvalue weighted by atomic mass is 16.5. The SMILES string of the molecule is CC1(C)c2ccccc2Oc2c(-c3ccc4c(c3)-c3ccccc3C43c4ccccc4-c4ccc5ccccc5c43)cccc21. The molecule has 212 valence electrons. The lowest BCUT2D eigenvalue weighted by atomic mass is 9.69. The van der Waals surface area contributed by atoms with Crippen molar-refractivity contribution >= 4 is 10.8 Å². The molecule has 0 bridgehead atoms. The molecule has 1 unspecified atom stereocenters. The zero-order chi connectivity index (χ0) is 29.9. The number of ether oxygens (including phenoxy) is 1. The summed E-state index contributed by atoms with van der Waals surface area (Å²) in [5.41, 5.74) is 15.0. The quantitative estimate of drug-likeness (QED) is 0.189. The minimum absolute atomic E-state index is 0.161. The molecule has 1 atom stereocenters. The van der Waals surface area contributed by atoms with Crippen molar-refractivity contribution in [1.29, 1.82) is 0 Å². The molecule has 10 rings (SSSR count). The van der Waals surface area contributed by atoms with Crippen LogP contribution in [0, 0.1) is 0 Å². The highest BCUT2D eigenvalue weighted by Gasteiger charge is 2.52. The lowest BCUT2D eigenvalue weighted by molar-refractivity contribution is 0.419. The lowest BCUT2D eigenvalue weighted by Crippen LogP contribution is -2.26. The van der Waals surface area contributed by atoms with Gasteiger partial charge in [0.25, 0.3) is 0 Å². The molecular weight excluding hydrogens is 544 g/mol. The van der Waals surface area contributed by atoms with Gasteiger partial charge in [0.1, 0.15) is 11.5 Å². The number of fused-ring (bicyclic) bond motifs is 14. The van der Waals surface area contributed by atoms with Crippen molar-refractivity contribution in [2.75, 3.05) is 0 Å². The molecule has 0 fully saturated rings. The van der Waals surface area contributed by atoms with E-state index in [-0.39, 0.29) is 10.8 Å². The fraction of sp³-hybridized carbons (Fsp3) is 0.0909. The minimum atomic E-state index is -0.384. The van der Waals surface area contributed by atoms with Crippen LogP contribution >= 0.6 is 0 Å². The molecule has 1 heteroatoms. The van der Waals surface area contributed by atoms with E-state index >= 15 is 0 Å². The number of hydrogen-bond donors (Lipinski definition) is 0. The first-order valence-electron chi connectivity index (χ1n) is 15.9. The number of benzene rings is 7. The van der Waals surface area contributed by atoms with Gasteiger partial charge >= 0.3 is 0 Å². The summed E-state index contributed by atoms with van der Waals surface area (Å²) in [5.74, 6) is 1.91. The predicted molar refractivity (Wildman–Crippen MR) is 184 cm³/mol. The van der Waals surface area contributed by atoms with Gasteiger partial charge in [0.05, 0.1) is 5.41 Å². The van der Waals surface area contributed by atoms with E-state index in [4.69, 9.17) is 4.74 Å². The van der Waals surface area contributed by atoms with Crippen molar-refractivity contribution in [2.45, 2.75) is 24.7 Å². The third-order valence-corrected chi connectivity index (χ3v) is 10.7. The summed E-state index contributed by atoms with van der Waals surface area (Å²) in [5, 5.41) is 2.60. The van der Waals surface area contributed by atoms with Crippen LogP contribution in [0.25, 0.3) is 44.2 Å². The van der Waals surface area contributed by atoms with E-state index in [2.05, 4.69) is 159 Å². The summed E-state index contributed by atoms with van der Waals surface area (Å²) in [6.07, 6.45) is 0. The maximum Gasteiger partial charge on any atom is 0.139 e. The minimum Gasteiger partial charge on any atom is -0.456 e. The van der Waals surface area contributed by atoms with Gasteiger partial charge in [0.15, 0.2) is 0 Å². The summed E-state index contributed by atoms with van der Waals surface area (Å²) >= 11 is 0. The summed E-state index contributed by atoms with van der Waals surface area (Å²) in [6, 6.07) is 53.9. The molecule has 0 saturated heterocycles. The second kappa shape index (κ2) is 8.61. The second-order valence-electron chi connectivity index (χ2n) is 13.2. The first kappa shape index (κ1) is 25.0. The fourth-order valence-corrected chi connectivity index (χ4v) is 8.78. The molecule has 1 nitrogen and oxygen atoms in total. The largest absolute Gasteiger partial charge is 0.456 e. The Kier molecular flexibility index (Phi) is 4.78. The van der Waals surface area contributed by atoms with Gasteiger partial charge in [-0.3, -0.25) is 0 Å². The van der Waals surface area contributed by atoms with Crippen LogP contribution in [0.3, 0.4) is 0 Å². The van der Waals surface area contributed by atoms with E-state index in [0.717, 1.165) is 17.1 Å². The van der Waals surface area contributed by atoms with Crippen LogP contribution in [-0.2, 0) is 10.8 Å². The molecule has 1 spiro atoms. The predicted octanol–water partition coefficient (Wildman–Crippen LogP) is 11.3. The smallest absolute Gasteiger partial charge is 0.139 e. The topological polar surface area (TPSA) is 9.23 Å². The zero-order valence-electron chi connectivity index (χ0n) is 25.3. The van der Waals surface area contributed by atoms with Crippen molar-refractivity contribution in [2.24, 2.45) is 0 Å². The third-order valence-electron chi connectivity index (χ3n) is 10.7. The molecule has 1 aliphatic heterocycles. The van der Waals surface area contributed by atoms with Crippen LogP contribution in [-0.4, -0.2) is 0 Å². The molecule has 0 amide bonds. The van der Waals surface area contributed by atoms with Gasteiger partial charge in [0.2, 0.25) is 0 Å². The van der Waals surface area contributed by atoms with E-state index in [1.165, 1.54) is 72.0 Å². The normalized spacial score (nSPS) is 17.6. The van der Waals surface area contributed by atoms with E-state index in [1.807, 2.05) is 0 Å². The highest BCUT2D eigenvalue weighted by Crippen LogP contribution is 2.64. The monoisotopic (exact) mass is 574 g/mol. The summed E-state index contributed by atoms with van der Waals surface area (Å²) in [7, 11) is 0. The average Bonchev–Trinajstić information content (AvgIpc) is 3.55. The van der Waals surface area contributed by atoms with E-state index in [9.17, 15) is 0 Å². The van der Waals surface area contributed by atoms with Gasteiger partial charge in [-0.1, -0.05) is 147 Å². The Labute approximate surface area is 263 Å². The second-order valence-corrected chi connectivity index (χ2v) is 13.2. The van der Waals surface area contributed by atoms with E-state index in [1.54, 1.807) is 0 Å². The van der Waals surface area contributed by atoms with Crippen LogP contribution in [0.4, 0.5) is 0 Å². The van der Waals surface area contributed by atoms with Crippen LogP contribution in [0.5, 0.6) is 11.5 Å². The standard InChI is InChI=1S/C44H30O/c1-43(2)38-19-9-10-21-40(38)45-42-30(16-11-20-39(42)43)28-23-25-37-34(26-28)32-15-6-8-18-36(32)44(37)35-17-7-5-14-31(35)33-24-22-27-12-3-4-13-29(27)41(33)44/h3-26H,1-2H3. The van der Waals surface area contributed by atoms with Gasteiger partial charge in [-0.15, -0.1) is 0 Å². The molecule has 1 heterocycles. The number of para-hydroxylation sites is 2. The van der Waals surface area contributed by atoms with Crippen molar-refractivity contribution < 1.29 is 4.74 Å². The zero-order valence-corrected chi connectivity index (χ0v) is 25.3. The Bertz CT molecular complexity index is 2390. The molecule has 0 saturated carbocycles. The molecule has 0 aromatic heterocycles. The van der Waals surface area contributed by atoms with E-state index in [0.29, 0.717) is 0 Å². The Hall–Kier alpha value is -5.40. The highest BCUT2D eigenvalue weighted by molar-refractivity contribution is 6.04. The van der Waals surface area contributed by atoms with Gasteiger partial charge in [0, 0.05) is 22.1 Å². The van der Waals surface area contributed by atoms with Crippen LogP contribution in [0.2, 0.25) is 0 Å². The Morgan fingerprint density at radius 1 is 0.444 bits per heavy atom. The van der Waals surface area contributed by atoms with E-state index < -0.39 is 0 Å². The Morgan fingerprint density at radius 2 is 1.07 bits per heavy atom. The fourth-order valence-electron chi connectivity index (χ4n) is 8.78. The molecule has 0 radical (unpaired) electrons. The van der Waals surface area contributed by atoms with Gasteiger partial charge < -0.3 is 4.74 Å². The van der Waals surface area contributed by atoms with Crippen molar-refractivity contribution in [3.05, 3.63) is 179 Å². The summed E-state index contributed by atoms with van der Waals surface area (Å²) in [6.45, 7) is 4.61. The molecule has 7 aromatic rings.